The number of benzene rings is 4. The zero-order valence-corrected chi connectivity index (χ0v) is 28.5. The summed E-state index contributed by atoms with van der Waals surface area (Å²) in [6.07, 6.45) is 0.437. The van der Waals surface area contributed by atoms with E-state index in [9.17, 15) is 4.79 Å². The predicted molar refractivity (Wildman–Crippen MR) is 184 cm³/mol. The van der Waals surface area contributed by atoms with Gasteiger partial charge in [-0.15, -0.1) is 11.3 Å². The molecule has 9 heteroatoms. The van der Waals surface area contributed by atoms with Gasteiger partial charge in [0, 0.05) is 28.6 Å². The van der Waals surface area contributed by atoms with E-state index in [2.05, 4.69) is 20.9 Å². The first-order chi connectivity index (χ1) is 21.6. The summed E-state index contributed by atoms with van der Waals surface area (Å²) in [6, 6.07) is 20.8. The van der Waals surface area contributed by atoms with Gasteiger partial charge in [0.1, 0.15) is 34.5 Å². The Kier molecular flexibility index (Phi) is 9.80. The standard InChI is InChI=1S/C36H35BrN2O5S/c1-20-12-28(13-21(2)33(20)31-19-45-36(38)39-31)44-27-11-10-24(32(18-27)42-6)16-30(37)35(40)34-22(3)14-29(15-23(34)4)43-26-9-7-8-25(17-26)41-5/h7-15,17-19,30H,16H2,1-6H3,(H2,38,39). The van der Waals surface area contributed by atoms with Crippen molar-refractivity contribution in [2.45, 2.75) is 38.9 Å². The van der Waals surface area contributed by atoms with Crippen molar-refractivity contribution in [1.29, 1.82) is 0 Å². The van der Waals surface area contributed by atoms with Crippen molar-refractivity contribution in [3.8, 4) is 45.8 Å². The lowest BCUT2D eigenvalue weighted by Gasteiger charge is -2.17. The van der Waals surface area contributed by atoms with Crippen molar-refractivity contribution in [3.05, 3.63) is 105 Å². The number of halogens is 1. The molecule has 7 nitrogen and oxygen atoms in total. The van der Waals surface area contributed by atoms with Gasteiger partial charge >= 0.3 is 0 Å². The molecule has 0 radical (unpaired) electrons. The van der Waals surface area contributed by atoms with E-state index >= 15 is 0 Å². The van der Waals surface area contributed by atoms with E-state index in [-0.39, 0.29) is 5.78 Å². The Bertz CT molecular complexity index is 1820. The van der Waals surface area contributed by atoms with Gasteiger partial charge in [-0.25, -0.2) is 4.98 Å². The second-order valence-electron chi connectivity index (χ2n) is 10.8. The number of alkyl halides is 1. The molecule has 1 atom stereocenters. The van der Waals surface area contributed by atoms with Gasteiger partial charge < -0.3 is 24.7 Å². The monoisotopic (exact) mass is 686 g/mol. The van der Waals surface area contributed by atoms with Crippen molar-refractivity contribution in [2.24, 2.45) is 0 Å². The van der Waals surface area contributed by atoms with Crippen LogP contribution in [0.5, 0.6) is 34.5 Å². The van der Waals surface area contributed by atoms with E-state index in [1.165, 1.54) is 11.3 Å². The fourth-order valence-corrected chi connectivity index (χ4v) is 6.63. The molecule has 1 aromatic heterocycles. The molecule has 5 rings (SSSR count). The molecule has 0 aliphatic carbocycles. The summed E-state index contributed by atoms with van der Waals surface area (Å²) in [5.74, 6) is 4.01. The van der Waals surface area contributed by atoms with E-state index in [0.29, 0.717) is 51.6 Å². The minimum atomic E-state index is -0.460. The molecule has 1 heterocycles. The highest BCUT2D eigenvalue weighted by atomic mass is 79.9. The summed E-state index contributed by atoms with van der Waals surface area (Å²) >= 11 is 5.08. The lowest BCUT2D eigenvalue weighted by atomic mass is 9.94. The number of nitrogen functional groups attached to an aromatic ring is 1. The molecule has 0 aliphatic rings. The van der Waals surface area contributed by atoms with Gasteiger partial charge in [0.2, 0.25) is 0 Å². The van der Waals surface area contributed by atoms with Crippen LogP contribution in [0.2, 0.25) is 0 Å². The zero-order chi connectivity index (χ0) is 32.2. The fourth-order valence-electron chi connectivity index (χ4n) is 5.50. The number of carbonyl (C=O) groups excluding carboxylic acids is 1. The van der Waals surface area contributed by atoms with E-state index in [4.69, 9.17) is 24.7 Å². The van der Waals surface area contributed by atoms with Crippen LogP contribution in [0, 0.1) is 27.7 Å². The molecule has 45 heavy (non-hydrogen) atoms. The van der Waals surface area contributed by atoms with E-state index < -0.39 is 4.83 Å². The number of ketones is 1. The largest absolute Gasteiger partial charge is 0.497 e. The maximum atomic E-state index is 13.7. The highest BCUT2D eigenvalue weighted by Gasteiger charge is 2.23. The SMILES string of the molecule is COc1cccc(Oc2cc(C)c(C(=O)C(Br)Cc3ccc(Oc4cc(C)c(-c5csc(N)n5)c(C)c4)cc3OC)c(C)c2)c1. The van der Waals surface area contributed by atoms with Crippen LogP contribution in [0.4, 0.5) is 5.13 Å². The van der Waals surface area contributed by atoms with E-state index in [0.717, 1.165) is 39.1 Å². The number of anilines is 1. The summed E-state index contributed by atoms with van der Waals surface area (Å²) < 4.78 is 23.3. The predicted octanol–water partition coefficient (Wildman–Crippen LogP) is 9.42. The minimum Gasteiger partial charge on any atom is -0.497 e. The summed E-state index contributed by atoms with van der Waals surface area (Å²) in [5.41, 5.74) is 13.1. The highest BCUT2D eigenvalue weighted by Crippen LogP contribution is 2.36. The molecule has 0 saturated heterocycles. The number of hydrogen-bond acceptors (Lipinski definition) is 8. The molecule has 4 aromatic carbocycles. The summed E-state index contributed by atoms with van der Waals surface area (Å²) in [5, 5.41) is 2.51. The van der Waals surface area contributed by atoms with Gasteiger partial charge in [-0.3, -0.25) is 4.79 Å². The number of Topliss-reactive ketones (excluding diaryl/α,β-unsaturated/α-hetero) is 1. The Labute approximate surface area is 276 Å². The number of aryl methyl sites for hydroxylation is 4. The highest BCUT2D eigenvalue weighted by molar-refractivity contribution is 9.10. The van der Waals surface area contributed by atoms with Crippen LogP contribution >= 0.6 is 27.3 Å². The maximum absolute atomic E-state index is 13.7. The minimum absolute atomic E-state index is 0.00628. The molecule has 232 valence electrons. The molecule has 2 N–H and O–H groups in total. The van der Waals surface area contributed by atoms with E-state index in [1.807, 2.05) is 99.8 Å². The van der Waals surface area contributed by atoms with Gasteiger partial charge in [-0.05, 0) is 104 Å². The Hall–Kier alpha value is -4.34. The van der Waals surface area contributed by atoms with Crippen LogP contribution in [-0.2, 0) is 6.42 Å². The summed E-state index contributed by atoms with van der Waals surface area (Å²) in [6.45, 7) is 7.92. The van der Waals surface area contributed by atoms with Crippen LogP contribution < -0.4 is 24.7 Å². The Morgan fingerprint density at radius 3 is 1.98 bits per heavy atom. The lowest BCUT2D eigenvalue weighted by Crippen LogP contribution is -2.19. The molecule has 0 aliphatic heterocycles. The number of aromatic nitrogens is 1. The van der Waals surface area contributed by atoms with E-state index in [1.54, 1.807) is 14.2 Å². The lowest BCUT2D eigenvalue weighted by molar-refractivity contribution is 0.0990. The summed E-state index contributed by atoms with van der Waals surface area (Å²) in [7, 11) is 3.23. The molecular formula is C36H35BrN2O5S. The zero-order valence-electron chi connectivity index (χ0n) is 26.1. The number of rotatable bonds is 11. The number of ether oxygens (including phenoxy) is 4. The Morgan fingerprint density at radius 2 is 1.40 bits per heavy atom. The van der Waals surface area contributed by atoms with Gasteiger partial charge in [0.15, 0.2) is 10.9 Å². The molecular weight excluding hydrogens is 652 g/mol. The third-order valence-corrected chi connectivity index (χ3v) is 8.91. The van der Waals surface area contributed by atoms with Gasteiger partial charge in [0.25, 0.3) is 0 Å². The molecule has 0 fully saturated rings. The third kappa shape index (κ3) is 7.32. The van der Waals surface area contributed by atoms with Crippen LogP contribution in [0.3, 0.4) is 0 Å². The normalized spacial score (nSPS) is 11.6. The first kappa shape index (κ1) is 32.1. The van der Waals surface area contributed by atoms with Gasteiger partial charge in [0.05, 0.1) is 24.7 Å². The van der Waals surface area contributed by atoms with Gasteiger partial charge in [-0.1, -0.05) is 28.1 Å². The Balaban J connectivity index is 1.30. The molecule has 1 unspecified atom stereocenters. The van der Waals surface area contributed by atoms with Crippen LogP contribution in [0.25, 0.3) is 11.3 Å². The van der Waals surface area contributed by atoms with Crippen molar-refractivity contribution < 1.29 is 23.7 Å². The topological polar surface area (TPSA) is 92.9 Å². The average Bonchev–Trinajstić information content (AvgIpc) is 3.42. The first-order valence-electron chi connectivity index (χ1n) is 14.3. The van der Waals surface area contributed by atoms with Crippen molar-refractivity contribution in [3.63, 3.8) is 0 Å². The van der Waals surface area contributed by atoms with Crippen LogP contribution in [0.15, 0.2) is 72.1 Å². The molecule has 0 spiro atoms. The maximum Gasteiger partial charge on any atom is 0.180 e. The summed E-state index contributed by atoms with van der Waals surface area (Å²) in [4.78, 5) is 17.6. The second-order valence-corrected chi connectivity index (χ2v) is 12.8. The molecule has 0 saturated carbocycles. The molecule has 5 aromatic rings. The number of methoxy groups -OCH3 is 2. The average molecular weight is 688 g/mol. The first-order valence-corrected chi connectivity index (χ1v) is 16.1. The van der Waals surface area contributed by atoms with Crippen LogP contribution in [-0.4, -0.2) is 29.8 Å². The molecule has 0 bridgehead atoms. The van der Waals surface area contributed by atoms with Crippen molar-refractivity contribution >= 4 is 38.2 Å². The van der Waals surface area contributed by atoms with Crippen LogP contribution in [0.1, 0.15) is 38.2 Å². The number of thiazole rings is 1. The quantitative estimate of drug-likeness (QED) is 0.109. The number of nitrogens with zero attached hydrogens (tertiary/aromatic N) is 1. The number of carbonyl (C=O) groups is 1. The van der Waals surface area contributed by atoms with Gasteiger partial charge in [-0.2, -0.15) is 0 Å². The molecule has 0 amide bonds. The smallest absolute Gasteiger partial charge is 0.180 e. The number of nitrogens with two attached hydrogens (primary N) is 1. The van der Waals surface area contributed by atoms with Crippen molar-refractivity contribution in [2.75, 3.05) is 20.0 Å². The number of hydrogen-bond donors (Lipinski definition) is 1. The Morgan fingerprint density at radius 1 is 0.800 bits per heavy atom. The van der Waals surface area contributed by atoms with Crippen molar-refractivity contribution in [1.82, 2.24) is 4.98 Å². The third-order valence-electron chi connectivity index (χ3n) is 7.49. The fraction of sp³-hybridized carbons (Fsp3) is 0.222. The second kappa shape index (κ2) is 13.7.